The van der Waals surface area contributed by atoms with Crippen molar-refractivity contribution in [3.05, 3.63) is 60.3 Å². The van der Waals surface area contributed by atoms with Gasteiger partial charge in [0.05, 0.1) is 12.7 Å². The minimum atomic E-state index is -4.62. The Morgan fingerprint density at radius 3 is 2.40 bits per heavy atom. The van der Waals surface area contributed by atoms with Gasteiger partial charge in [-0.1, -0.05) is 19.9 Å². The predicted molar refractivity (Wildman–Crippen MR) is 130 cm³/mol. The van der Waals surface area contributed by atoms with Crippen LogP contribution in [0.1, 0.15) is 45.1 Å². The molecule has 1 saturated carbocycles. The molecule has 6 nitrogen and oxygen atoms in total. The molecule has 9 heteroatoms. The van der Waals surface area contributed by atoms with E-state index in [1.807, 2.05) is 0 Å². The maximum atomic E-state index is 13.7. The van der Waals surface area contributed by atoms with E-state index in [0.29, 0.717) is 35.4 Å². The Morgan fingerprint density at radius 2 is 1.71 bits per heavy atom. The Morgan fingerprint density at radius 1 is 0.971 bits per heavy atom. The normalized spacial score (nSPS) is 14.2. The lowest BCUT2D eigenvalue weighted by molar-refractivity contribution is -0.137. The van der Waals surface area contributed by atoms with Gasteiger partial charge < -0.3 is 20.1 Å². The summed E-state index contributed by atoms with van der Waals surface area (Å²) in [6, 6.07) is 14.0. The Hall–Kier alpha value is -3.49. The molecular formula is C26H29F3N4O2. The van der Waals surface area contributed by atoms with Gasteiger partial charge in [0.2, 0.25) is 5.95 Å². The van der Waals surface area contributed by atoms with Crippen molar-refractivity contribution in [2.75, 3.05) is 17.2 Å². The standard InChI is InChI=1S/C26H29F3N4O2/c1-17(2)16-34-20-12-10-18(11-13-20)32-25-30-15-23(26(27,28)29)24(33-25)31-19-6-5-9-22(14-19)35-21-7-3-4-8-21/h5-6,9-15,17,21H,3-4,7-8,16H2,1-2H3,(H2,30,31,32,33). The van der Waals surface area contributed by atoms with Crippen LogP contribution < -0.4 is 20.1 Å². The molecule has 0 bridgehead atoms. The van der Waals surface area contributed by atoms with Crippen molar-refractivity contribution in [3.8, 4) is 11.5 Å². The fraction of sp³-hybridized carbons (Fsp3) is 0.385. The molecule has 35 heavy (non-hydrogen) atoms. The van der Waals surface area contributed by atoms with Crippen LogP contribution in [0.2, 0.25) is 0 Å². The Bertz CT molecular complexity index is 1110. The highest BCUT2D eigenvalue weighted by Gasteiger charge is 2.35. The highest BCUT2D eigenvalue weighted by Crippen LogP contribution is 2.36. The quantitative estimate of drug-likeness (QED) is 0.330. The highest BCUT2D eigenvalue weighted by atomic mass is 19.4. The molecule has 1 aliphatic rings. The molecule has 1 heterocycles. The Balaban J connectivity index is 1.51. The van der Waals surface area contributed by atoms with Crippen molar-refractivity contribution in [2.45, 2.75) is 51.8 Å². The van der Waals surface area contributed by atoms with Gasteiger partial charge in [0, 0.05) is 23.6 Å². The molecule has 4 rings (SSSR count). The summed E-state index contributed by atoms with van der Waals surface area (Å²) in [7, 11) is 0. The fourth-order valence-corrected chi connectivity index (χ4v) is 3.75. The molecule has 0 amide bonds. The van der Waals surface area contributed by atoms with Crippen LogP contribution in [0.4, 0.5) is 36.3 Å². The number of hydrogen-bond acceptors (Lipinski definition) is 6. The van der Waals surface area contributed by atoms with E-state index in [2.05, 4.69) is 34.4 Å². The first-order chi connectivity index (χ1) is 16.8. The molecule has 2 aromatic carbocycles. The van der Waals surface area contributed by atoms with Crippen molar-refractivity contribution < 1.29 is 22.6 Å². The molecule has 1 fully saturated rings. The molecular weight excluding hydrogens is 457 g/mol. The number of ether oxygens (including phenoxy) is 2. The largest absolute Gasteiger partial charge is 0.493 e. The molecule has 0 saturated heterocycles. The first-order valence-corrected chi connectivity index (χ1v) is 11.7. The van der Waals surface area contributed by atoms with Gasteiger partial charge in [-0.2, -0.15) is 18.2 Å². The average Bonchev–Trinajstić information content (AvgIpc) is 3.31. The Kier molecular flexibility index (Phi) is 7.63. The van der Waals surface area contributed by atoms with Gasteiger partial charge in [0.25, 0.3) is 0 Å². The van der Waals surface area contributed by atoms with Crippen LogP contribution in [-0.2, 0) is 6.18 Å². The second-order valence-corrected chi connectivity index (χ2v) is 8.99. The molecule has 2 N–H and O–H groups in total. The lowest BCUT2D eigenvalue weighted by Gasteiger charge is -2.17. The first-order valence-electron chi connectivity index (χ1n) is 11.7. The van der Waals surface area contributed by atoms with Crippen LogP contribution in [0.25, 0.3) is 0 Å². The molecule has 0 spiro atoms. The monoisotopic (exact) mass is 486 g/mol. The third kappa shape index (κ3) is 7.00. The van der Waals surface area contributed by atoms with Crippen LogP contribution in [0.3, 0.4) is 0 Å². The number of alkyl halides is 3. The number of anilines is 4. The summed E-state index contributed by atoms with van der Waals surface area (Å²) in [5, 5.41) is 5.75. The summed E-state index contributed by atoms with van der Waals surface area (Å²) < 4.78 is 52.6. The van der Waals surface area contributed by atoms with Crippen LogP contribution in [0.15, 0.2) is 54.7 Å². The zero-order valence-electron chi connectivity index (χ0n) is 19.7. The van der Waals surface area contributed by atoms with E-state index in [1.165, 1.54) is 0 Å². The van der Waals surface area contributed by atoms with E-state index >= 15 is 0 Å². The summed E-state index contributed by atoms with van der Waals surface area (Å²) in [4.78, 5) is 7.99. The first kappa shape index (κ1) is 24.6. The molecule has 186 valence electrons. The lowest BCUT2D eigenvalue weighted by atomic mass is 10.2. The number of benzene rings is 2. The molecule has 0 unspecified atom stereocenters. The van der Waals surface area contributed by atoms with Crippen molar-refractivity contribution in [1.29, 1.82) is 0 Å². The number of hydrogen-bond donors (Lipinski definition) is 2. The van der Waals surface area contributed by atoms with Crippen molar-refractivity contribution in [1.82, 2.24) is 9.97 Å². The number of nitrogens with one attached hydrogen (secondary N) is 2. The fourth-order valence-electron chi connectivity index (χ4n) is 3.75. The summed E-state index contributed by atoms with van der Waals surface area (Å²) in [5.41, 5.74) is 0.115. The van der Waals surface area contributed by atoms with E-state index in [1.54, 1.807) is 48.5 Å². The third-order valence-electron chi connectivity index (χ3n) is 5.49. The maximum Gasteiger partial charge on any atom is 0.421 e. The smallest absolute Gasteiger partial charge is 0.421 e. The molecule has 0 aliphatic heterocycles. The van der Waals surface area contributed by atoms with E-state index in [0.717, 1.165) is 31.9 Å². The molecule has 0 radical (unpaired) electrons. The van der Waals surface area contributed by atoms with Crippen molar-refractivity contribution in [2.24, 2.45) is 5.92 Å². The molecule has 1 aliphatic carbocycles. The number of aromatic nitrogens is 2. The van der Waals surface area contributed by atoms with Crippen LogP contribution >= 0.6 is 0 Å². The van der Waals surface area contributed by atoms with E-state index < -0.39 is 11.7 Å². The van der Waals surface area contributed by atoms with Gasteiger partial charge in [-0.25, -0.2) is 4.98 Å². The summed E-state index contributed by atoms with van der Waals surface area (Å²) in [6.45, 7) is 4.71. The third-order valence-corrected chi connectivity index (χ3v) is 5.49. The lowest BCUT2D eigenvalue weighted by Crippen LogP contribution is -2.13. The summed E-state index contributed by atoms with van der Waals surface area (Å²) in [5.74, 6) is 1.41. The van der Waals surface area contributed by atoms with Crippen LogP contribution in [-0.4, -0.2) is 22.7 Å². The van der Waals surface area contributed by atoms with Crippen LogP contribution in [0.5, 0.6) is 11.5 Å². The van der Waals surface area contributed by atoms with E-state index in [4.69, 9.17) is 9.47 Å². The Labute approximate surface area is 202 Å². The second kappa shape index (κ2) is 10.8. The SMILES string of the molecule is CC(C)COc1ccc(Nc2ncc(C(F)(F)F)c(Nc3cccc(OC4CCCC4)c3)n2)cc1. The van der Waals surface area contributed by atoms with E-state index in [-0.39, 0.29) is 17.9 Å². The average molecular weight is 487 g/mol. The minimum Gasteiger partial charge on any atom is -0.493 e. The summed E-state index contributed by atoms with van der Waals surface area (Å²) >= 11 is 0. The number of halogens is 3. The number of rotatable bonds is 9. The molecule has 3 aromatic rings. The van der Waals surface area contributed by atoms with Gasteiger partial charge in [0.15, 0.2) is 0 Å². The zero-order chi connectivity index (χ0) is 24.8. The minimum absolute atomic E-state index is 0.0368. The number of nitrogens with zero attached hydrogens (tertiary/aromatic N) is 2. The van der Waals surface area contributed by atoms with Gasteiger partial charge in [-0.15, -0.1) is 0 Å². The van der Waals surface area contributed by atoms with E-state index in [9.17, 15) is 13.2 Å². The van der Waals surface area contributed by atoms with Gasteiger partial charge >= 0.3 is 6.18 Å². The van der Waals surface area contributed by atoms with Crippen molar-refractivity contribution in [3.63, 3.8) is 0 Å². The summed E-state index contributed by atoms with van der Waals surface area (Å²) in [6.07, 6.45) is 0.533. The maximum absolute atomic E-state index is 13.7. The van der Waals surface area contributed by atoms with Gasteiger partial charge in [-0.05, 0) is 68.0 Å². The molecule has 0 atom stereocenters. The van der Waals surface area contributed by atoms with Gasteiger partial charge in [0.1, 0.15) is 22.9 Å². The zero-order valence-corrected chi connectivity index (χ0v) is 19.7. The highest BCUT2D eigenvalue weighted by molar-refractivity contribution is 5.64. The van der Waals surface area contributed by atoms with Crippen LogP contribution in [0, 0.1) is 5.92 Å². The van der Waals surface area contributed by atoms with Crippen molar-refractivity contribution >= 4 is 23.1 Å². The predicted octanol–water partition coefficient (Wildman–Crippen LogP) is 7.34. The topological polar surface area (TPSA) is 68.3 Å². The second-order valence-electron chi connectivity index (χ2n) is 8.99. The van der Waals surface area contributed by atoms with Gasteiger partial charge in [-0.3, -0.25) is 0 Å². The molecule has 1 aromatic heterocycles.